The second kappa shape index (κ2) is 5.69. The van der Waals surface area contributed by atoms with Crippen molar-refractivity contribution in [2.45, 2.75) is 32.5 Å². The van der Waals surface area contributed by atoms with E-state index in [1.54, 1.807) is 28.0 Å². The molecular formula is C20H19FN2O2. The zero-order valence-corrected chi connectivity index (χ0v) is 14.1. The lowest BCUT2D eigenvalue weighted by Crippen LogP contribution is -2.37. The second-order valence-electron chi connectivity index (χ2n) is 7.00. The minimum Gasteiger partial charge on any atom is -0.301 e. The normalized spacial score (nSPS) is 21.9. The number of nitrogens with zero attached hydrogens (tertiary/aromatic N) is 2. The molecule has 2 aliphatic rings. The van der Waals surface area contributed by atoms with Crippen LogP contribution in [0.25, 0.3) is 0 Å². The third-order valence-electron chi connectivity index (χ3n) is 4.87. The molecule has 0 radical (unpaired) electrons. The van der Waals surface area contributed by atoms with Crippen molar-refractivity contribution >= 4 is 17.5 Å². The van der Waals surface area contributed by atoms with Gasteiger partial charge in [0.1, 0.15) is 18.0 Å². The summed E-state index contributed by atoms with van der Waals surface area (Å²) in [4.78, 5) is 29.4. The summed E-state index contributed by atoms with van der Waals surface area (Å²) in [6.07, 6.45) is 0.151. The molecule has 0 spiro atoms. The third kappa shape index (κ3) is 2.34. The Kier molecular flexibility index (Phi) is 3.60. The maximum Gasteiger partial charge on any atom is 0.256 e. The van der Waals surface area contributed by atoms with Gasteiger partial charge in [-0.15, -0.1) is 0 Å². The van der Waals surface area contributed by atoms with E-state index >= 15 is 0 Å². The van der Waals surface area contributed by atoms with E-state index in [1.165, 1.54) is 12.1 Å². The number of carbonyl (C=O) groups is 2. The number of hydrogen-bond donors (Lipinski definition) is 0. The minimum atomic E-state index is -0.491. The minimum absolute atomic E-state index is 0.104. The SMILES string of the molecule is CC(C)CC1C(=O)N(c2ccc(F)cc2)C2c3ccccc3C(=O)N12. The number of hydrogen-bond acceptors (Lipinski definition) is 2. The molecule has 0 aromatic heterocycles. The molecule has 25 heavy (non-hydrogen) atoms. The molecule has 2 heterocycles. The van der Waals surface area contributed by atoms with Gasteiger partial charge < -0.3 is 4.90 Å². The molecule has 0 bridgehead atoms. The standard InChI is InChI=1S/C20H19FN2O2/c1-12(2)11-17-20(25)22(14-9-7-13(21)8-10-14)18-15-5-3-4-6-16(15)19(24)23(17)18/h3-10,12,17-18H,11H2,1-2H3. The lowest BCUT2D eigenvalue weighted by Gasteiger charge is -2.25. The molecule has 4 nitrogen and oxygen atoms in total. The Morgan fingerprint density at radius 1 is 1.04 bits per heavy atom. The first-order valence-electron chi connectivity index (χ1n) is 8.49. The van der Waals surface area contributed by atoms with Gasteiger partial charge in [0, 0.05) is 16.8 Å². The van der Waals surface area contributed by atoms with Gasteiger partial charge in [0.25, 0.3) is 11.8 Å². The molecule has 2 aromatic carbocycles. The fourth-order valence-electron chi connectivity index (χ4n) is 3.82. The quantitative estimate of drug-likeness (QED) is 0.855. The molecule has 0 saturated carbocycles. The van der Waals surface area contributed by atoms with Gasteiger partial charge in [0.15, 0.2) is 0 Å². The maximum atomic E-state index is 13.3. The van der Waals surface area contributed by atoms with E-state index in [1.807, 2.05) is 32.0 Å². The number of carbonyl (C=O) groups excluding carboxylic acids is 2. The Morgan fingerprint density at radius 3 is 2.40 bits per heavy atom. The van der Waals surface area contributed by atoms with Crippen LogP contribution in [0.15, 0.2) is 48.5 Å². The summed E-state index contributed by atoms with van der Waals surface area (Å²) in [5.74, 6) is -0.287. The monoisotopic (exact) mass is 338 g/mol. The number of amides is 2. The van der Waals surface area contributed by atoms with Crippen LogP contribution in [-0.4, -0.2) is 22.8 Å². The molecule has 2 aliphatic heterocycles. The largest absolute Gasteiger partial charge is 0.301 e. The maximum absolute atomic E-state index is 13.3. The molecule has 2 unspecified atom stereocenters. The van der Waals surface area contributed by atoms with E-state index in [0.29, 0.717) is 17.7 Å². The van der Waals surface area contributed by atoms with Crippen molar-refractivity contribution in [2.75, 3.05) is 4.90 Å². The first-order valence-corrected chi connectivity index (χ1v) is 8.49. The van der Waals surface area contributed by atoms with Crippen molar-refractivity contribution in [1.82, 2.24) is 4.90 Å². The number of fused-ring (bicyclic) bond motifs is 3. The van der Waals surface area contributed by atoms with E-state index in [-0.39, 0.29) is 23.5 Å². The molecule has 0 aliphatic carbocycles. The number of rotatable bonds is 3. The highest BCUT2D eigenvalue weighted by molar-refractivity contribution is 6.10. The first-order chi connectivity index (χ1) is 12.0. The lowest BCUT2D eigenvalue weighted by molar-refractivity contribution is -0.119. The van der Waals surface area contributed by atoms with E-state index in [4.69, 9.17) is 0 Å². The summed E-state index contributed by atoms with van der Waals surface area (Å²) in [7, 11) is 0. The Hall–Kier alpha value is -2.69. The topological polar surface area (TPSA) is 40.6 Å². The summed E-state index contributed by atoms with van der Waals surface area (Å²) in [5, 5.41) is 0. The zero-order valence-electron chi connectivity index (χ0n) is 14.1. The Morgan fingerprint density at radius 2 is 1.72 bits per heavy atom. The average molecular weight is 338 g/mol. The summed E-state index contributed by atoms with van der Waals surface area (Å²) in [5.41, 5.74) is 2.08. The van der Waals surface area contributed by atoms with Crippen molar-refractivity contribution in [2.24, 2.45) is 5.92 Å². The number of anilines is 1. The van der Waals surface area contributed by atoms with Crippen LogP contribution in [0.2, 0.25) is 0 Å². The van der Waals surface area contributed by atoms with Crippen LogP contribution >= 0.6 is 0 Å². The Labute approximate surface area is 145 Å². The summed E-state index contributed by atoms with van der Waals surface area (Å²) < 4.78 is 13.3. The highest BCUT2D eigenvalue weighted by Gasteiger charge is 2.54. The van der Waals surface area contributed by atoms with Gasteiger partial charge in [0.2, 0.25) is 0 Å². The van der Waals surface area contributed by atoms with Crippen LogP contribution < -0.4 is 4.90 Å². The second-order valence-corrected chi connectivity index (χ2v) is 7.00. The summed E-state index contributed by atoms with van der Waals surface area (Å²) >= 11 is 0. The van der Waals surface area contributed by atoms with E-state index in [0.717, 1.165) is 5.56 Å². The molecule has 0 N–H and O–H groups in total. The number of benzene rings is 2. The van der Waals surface area contributed by atoms with Crippen LogP contribution in [0.4, 0.5) is 10.1 Å². The average Bonchev–Trinajstić information content (AvgIpc) is 3.03. The summed E-state index contributed by atoms with van der Waals surface area (Å²) in [6, 6.07) is 12.8. The fraction of sp³-hybridized carbons (Fsp3) is 0.300. The van der Waals surface area contributed by atoms with Crippen molar-refractivity contribution in [1.29, 1.82) is 0 Å². The van der Waals surface area contributed by atoms with Crippen LogP contribution in [0.5, 0.6) is 0 Å². The van der Waals surface area contributed by atoms with Gasteiger partial charge in [-0.05, 0) is 42.7 Å². The van der Waals surface area contributed by atoms with Gasteiger partial charge in [-0.3, -0.25) is 14.5 Å². The zero-order chi connectivity index (χ0) is 17.7. The van der Waals surface area contributed by atoms with Crippen LogP contribution in [0.3, 0.4) is 0 Å². The molecule has 2 aromatic rings. The van der Waals surface area contributed by atoms with E-state index in [2.05, 4.69) is 0 Å². The third-order valence-corrected chi connectivity index (χ3v) is 4.87. The molecule has 1 fully saturated rings. The van der Waals surface area contributed by atoms with E-state index < -0.39 is 12.2 Å². The molecule has 2 atom stereocenters. The molecular weight excluding hydrogens is 319 g/mol. The van der Waals surface area contributed by atoms with Crippen molar-refractivity contribution in [3.8, 4) is 0 Å². The van der Waals surface area contributed by atoms with Crippen molar-refractivity contribution in [3.63, 3.8) is 0 Å². The predicted octanol–water partition coefficient (Wildman–Crippen LogP) is 3.74. The van der Waals surface area contributed by atoms with Gasteiger partial charge >= 0.3 is 0 Å². The van der Waals surface area contributed by atoms with Gasteiger partial charge in [-0.2, -0.15) is 0 Å². The summed E-state index contributed by atoms with van der Waals surface area (Å²) in [6.45, 7) is 4.08. The van der Waals surface area contributed by atoms with Gasteiger partial charge in [-0.1, -0.05) is 32.0 Å². The molecule has 1 saturated heterocycles. The Bertz CT molecular complexity index is 847. The van der Waals surface area contributed by atoms with Crippen LogP contribution in [-0.2, 0) is 4.79 Å². The molecule has 5 heteroatoms. The van der Waals surface area contributed by atoms with Crippen LogP contribution in [0.1, 0.15) is 42.4 Å². The number of halogens is 1. The highest BCUT2D eigenvalue weighted by atomic mass is 19.1. The smallest absolute Gasteiger partial charge is 0.256 e. The molecule has 4 rings (SSSR count). The Balaban J connectivity index is 1.85. The predicted molar refractivity (Wildman–Crippen MR) is 92.5 cm³/mol. The van der Waals surface area contributed by atoms with E-state index in [9.17, 15) is 14.0 Å². The highest BCUT2D eigenvalue weighted by Crippen LogP contribution is 2.46. The van der Waals surface area contributed by atoms with Gasteiger partial charge in [-0.25, -0.2) is 4.39 Å². The van der Waals surface area contributed by atoms with Crippen molar-refractivity contribution < 1.29 is 14.0 Å². The van der Waals surface area contributed by atoms with Crippen LogP contribution in [0, 0.1) is 11.7 Å². The lowest BCUT2D eigenvalue weighted by atomic mass is 10.0. The molecule has 2 amide bonds. The van der Waals surface area contributed by atoms with Gasteiger partial charge in [0.05, 0.1) is 0 Å². The molecule has 128 valence electrons. The van der Waals surface area contributed by atoms with Crippen molar-refractivity contribution in [3.05, 3.63) is 65.5 Å². The fourth-order valence-corrected chi connectivity index (χ4v) is 3.82. The first kappa shape index (κ1) is 15.8.